The van der Waals surface area contributed by atoms with Gasteiger partial charge in [0.05, 0.1) is 10.7 Å². The van der Waals surface area contributed by atoms with Gasteiger partial charge in [0.1, 0.15) is 5.52 Å². The molecule has 0 aliphatic carbocycles. The van der Waals surface area contributed by atoms with Gasteiger partial charge < -0.3 is 5.11 Å². The van der Waals surface area contributed by atoms with Gasteiger partial charge in [-0.2, -0.15) is 5.10 Å². The summed E-state index contributed by atoms with van der Waals surface area (Å²) in [5.41, 5.74) is 2.70. The van der Waals surface area contributed by atoms with Crippen molar-refractivity contribution in [2.75, 3.05) is 0 Å². The van der Waals surface area contributed by atoms with Crippen LogP contribution in [-0.2, 0) is 6.42 Å². The van der Waals surface area contributed by atoms with E-state index in [0.717, 1.165) is 22.3 Å². The van der Waals surface area contributed by atoms with E-state index in [-0.39, 0.29) is 11.4 Å². The van der Waals surface area contributed by atoms with Gasteiger partial charge in [-0.3, -0.25) is 10.1 Å². The molecule has 0 spiro atoms. The van der Waals surface area contributed by atoms with Crippen LogP contribution < -0.4 is 0 Å². The third-order valence-corrected chi connectivity index (χ3v) is 3.55. The minimum absolute atomic E-state index is 0.000707. The van der Waals surface area contributed by atoms with E-state index < -0.39 is 11.6 Å². The van der Waals surface area contributed by atoms with E-state index in [1.807, 2.05) is 13.0 Å². The number of aromatic amines is 1. The molecule has 2 heterocycles. The van der Waals surface area contributed by atoms with Crippen molar-refractivity contribution in [1.29, 1.82) is 0 Å². The lowest BCUT2D eigenvalue weighted by Gasteiger charge is -2.05. The molecule has 0 aliphatic rings. The van der Waals surface area contributed by atoms with Gasteiger partial charge in [0.2, 0.25) is 0 Å². The molecule has 0 radical (unpaired) electrons. The number of aromatic hydroxyl groups is 1. The Morgan fingerprint density at radius 2 is 2.15 bits per heavy atom. The predicted octanol–water partition coefficient (Wildman–Crippen LogP) is 3.36. The highest BCUT2D eigenvalue weighted by Crippen LogP contribution is 2.30. The Bertz CT molecular complexity index is 800. The standard InChI is InChI=1S/C14H11ClFN3O/c1-7-13-9(4-5-17-7)11(18-19-13)6-8-2-3-10(15)14(20)12(8)16/h2-5,20H,6H2,1H3,(H,18,19). The SMILES string of the molecule is Cc1nccc2c(Cc3ccc(Cl)c(O)c3F)[nH]nc12. The molecule has 1 aromatic carbocycles. The van der Waals surface area contributed by atoms with Crippen molar-refractivity contribution >= 4 is 22.5 Å². The molecule has 0 saturated heterocycles. The number of nitrogens with one attached hydrogen (secondary N) is 1. The molecule has 2 aromatic heterocycles. The molecule has 20 heavy (non-hydrogen) atoms. The second-order valence-electron chi connectivity index (χ2n) is 4.54. The van der Waals surface area contributed by atoms with Crippen LogP contribution in [0.2, 0.25) is 5.02 Å². The second kappa shape index (κ2) is 4.76. The fraction of sp³-hybridized carbons (Fsp3) is 0.143. The lowest BCUT2D eigenvalue weighted by Crippen LogP contribution is -1.94. The van der Waals surface area contributed by atoms with E-state index in [9.17, 15) is 9.50 Å². The Morgan fingerprint density at radius 1 is 1.35 bits per heavy atom. The number of hydrogen-bond acceptors (Lipinski definition) is 3. The summed E-state index contributed by atoms with van der Waals surface area (Å²) in [6.07, 6.45) is 1.98. The first-order valence-electron chi connectivity index (χ1n) is 6.02. The van der Waals surface area contributed by atoms with Gasteiger partial charge in [0.25, 0.3) is 0 Å². The highest BCUT2D eigenvalue weighted by Gasteiger charge is 2.14. The van der Waals surface area contributed by atoms with Crippen LogP contribution in [0.5, 0.6) is 5.75 Å². The van der Waals surface area contributed by atoms with Gasteiger partial charge in [-0.15, -0.1) is 0 Å². The van der Waals surface area contributed by atoms with Gasteiger partial charge in [0, 0.05) is 23.7 Å². The third-order valence-electron chi connectivity index (χ3n) is 3.25. The lowest BCUT2D eigenvalue weighted by molar-refractivity contribution is 0.429. The van der Waals surface area contributed by atoms with Crippen LogP contribution in [0.3, 0.4) is 0 Å². The molecule has 6 heteroatoms. The summed E-state index contributed by atoms with van der Waals surface area (Å²) in [4.78, 5) is 4.16. The summed E-state index contributed by atoms with van der Waals surface area (Å²) in [5.74, 6) is -1.23. The molecule has 3 rings (SSSR count). The highest BCUT2D eigenvalue weighted by atomic mass is 35.5. The maximum atomic E-state index is 14.0. The molecule has 102 valence electrons. The number of benzene rings is 1. The first-order chi connectivity index (χ1) is 9.58. The molecule has 2 N–H and O–H groups in total. The van der Waals surface area contributed by atoms with Crippen molar-refractivity contribution in [1.82, 2.24) is 15.2 Å². The van der Waals surface area contributed by atoms with Crippen LogP contribution in [0.25, 0.3) is 10.9 Å². The first-order valence-corrected chi connectivity index (χ1v) is 6.40. The zero-order valence-electron chi connectivity index (χ0n) is 10.6. The Hall–Kier alpha value is -2.14. The van der Waals surface area contributed by atoms with Gasteiger partial charge in [-0.05, 0) is 24.6 Å². The largest absolute Gasteiger partial charge is 0.504 e. The Balaban J connectivity index is 2.06. The van der Waals surface area contributed by atoms with Crippen molar-refractivity contribution in [2.45, 2.75) is 13.3 Å². The Kier molecular flexibility index (Phi) is 3.06. The van der Waals surface area contributed by atoms with Crippen molar-refractivity contribution < 1.29 is 9.50 Å². The number of nitrogens with zero attached hydrogens (tertiary/aromatic N) is 2. The molecule has 4 nitrogen and oxygen atoms in total. The van der Waals surface area contributed by atoms with Crippen LogP contribution in [0.4, 0.5) is 4.39 Å². The van der Waals surface area contributed by atoms with Gasteiger partial charge in [0.15, 0.2) is 11.6 Å². The fourth-order valence-electron chi connectivity index (χ4n) is 2.17. The number of H-pyrrole nitrogens is 1. The molecule has 3 aromatic rings. The summed E-state index contributed by atoms with van der Waals surface area (Å²) in [7, 11) is 0. The highest BCUT2D eigenvalue weighted by molar-refractivity contribution is 6.32. The van der Waals surface area contributed by atoms with Crippen molar-refractivity contribution in [3.05, 3.63) is 52.2 Å². The predicted molar refractivity (Wildman–Crippen MR) is 74.5 cm³/mol. The summed E-state index contributed by atoms with van der Waals surface area (Å²) in [6, 6.07) is 4.85. The topological polar surface area (TPSA) is 61.8 Å². The van der Waals surface area contributed by atoms with E-state index in [4.69, 9.17) is 11.6 Å². The van der Waals surface area contributed by atoms with E-state index >= 15 is 0 Å². The van der Waals surface area contributed by atoms with Crippen LogP contribution in [-0.4, -0.2) is 20.3 Å². The number of fused-ring (bicyclic) bond motifs is 1. The van der Waals surface area contributed by atoms with Gasteiger partial charge >= 0.3 is 0 Å². The molecular weight excluding hydrogens is 281 g/mol. The van der Waals surface area contributed by atoms with Crippen LogP contribution >= 0.6 is 11.6 Å². The molecule has 0 saturated carbocycles. The molecule has 0 atom stereocenters. The summed E-state index contributed by atoms with van der Waals surface area (Å²) >= 11 is 5.67. The van der Waals surface area contributed by atoms with Crippen molar-refractivity contribution in [3.8, 4) is 5.75 Å². The number of phenols is 1. The Morgan fingerprint density at radius 3 is 2.95 bits per heavy atom. The van der Waals surface area contributed by atoms with E-state index in [1.165, 1.54) is 6.07 Å². The fourth-order valence-corrected chi connectivity index (χ4v) is 2.32. The molecule has 0 amide bonds. The van der Waals surface area contributed by atoms with Gasteiger partial charge in [-0.25, -0.2) is 4.39 Å². The number of phenolic OH excluding ortho intramolecular Hbond substituents is 1. The van der Waals surface area contributed by atoms with Crippen LogP contribution in [0.15, 0.2) is 24.4 Å². The minimum atomic E-state index is -0.703. The number of aromatic nitrogens is 3. The zero-order chi connectivity index (χ0) is 14.3. The number of pyridine rings is 1. The van der Waals surface area contributed by atoms with E-state index in [2.05, 4.69) is 15.2 Å². The first kappa shape index (κ1) is 12.9. The van der Waals surface area contributed by atoms with Crippen LogP contribution in [0.1, 0.15) is 17.0 Å². The summed E-state index contributed by atoms with van der Waals surface area (Å²) < 4.78 is 14.0. The Labute approximate surface area is 119 Å². The maximum absolute atomic E-state index is 14.0. The molecule has 0 unspecified atom stereocenters. The van der Waals surface area contributed by atoms with Gasteiger partial charge in [-0.1, -0.05) is 17.7 Å². The second-order valence-corrected chi connectivity index (χ2v) is 4.95. The maximum Gasteiger partial charge on any atom is 0.170 e. The zero-order valence-corrected chi connectivity index (χ0v) is 11.4. The number of halogens is 2. The van der Waals surface area contributed by atoms with Crippen molar-refractivity contribution in [3.63, 3.8) is 0 Å². The molecular formula is C14H11ClFN3O. The lowest BCUT2D eigenvalue weighted by atomic mass is 10.1. The monoisotopic (exact) mass is 291 g/mol. The molecule has 0 bridgehead atoms. The van der Waals surface area contributed by atoms with E-state index in [1.54, 1.807) is 12.3 Å². The van der Waals surface area contributed by atoms with Crippen LogP contribution in [0, 0.1) is 12.7 Å². The van der Waals surface area contributed by atoms with Crippen molar-refractivity contribution in [2.24, 2.45) is 0 Å². The smallest absolute Gasteiger partial charge is 0.170 e. The third kappa shape index (κ3) is 2.00. The quantitative estimate of drug-likeness (QED) is 0.761. The number of hydrogen-bond donors (Lipinski definition) is 2. The molecule has 0 fully saturated rings. The summed E-state index contributed by atoms with van der Waals surface area (Å²) in [6.45, 7) is 1.86. The number of aryl methyl sites for hydroxylation is 1. The summed E-state index contributed by atoms with van der Waals surface area (Å²) in [5, 5.41) is 17.5. The minimum Gasteiger partial charge on any atom is -0.504 e. The normalized spacial score (nSPS) is 11.2. The average molecular weight is 292 g/mol. The molecule has 0 aliphatic heterocycles. The number of rotatable bonds is 2. The average Bonchev–Trinajstić information content (AvgIpc) is 2.84. The van der Waals surface area contributed by atoms with E-state index in [0.29, 0.717) is 5.56 Å².